The predicted octanol–water partition coefficient (Wildman–Crippen LogP) is 7.70. The third-order valence-electron chi connectivity index (χ3n) is 4.73. The van der Waals surface area contributed by atoms with E-state index in [1.165, 1.54) is 6.21 Å². The number of aryl methyl sites for hydroxylation is 1. The van der Waals surface area contributed by atoms with Gasteiger partial charge in [0.05, 0.1) is 12.8 Å². The number of benzene rings is 2. The van der Waals surface area contributed by atoms with Gasteiger partial charge in [0.1, 0.15) is 5.75 Å². The fourth-order valence-corrected chi connectivity index (χ4v) is 3.69. The molecule has 0 saturated carbocycles. The molecule has 0 unspecified atom stereocenters. The van der Waals surface area contributed by atoms with E-state index in [0.29, 0.717) is 27.3 Å². The van der Waals surface area contributed by atoms with Gasteiger partial charge in [-0.25, -0.2) is 9.97 Å². The third kappa shape index (κ3) is 6.09. The molecule has 32 heavy (non-hydrogen) atoms. The largest absolute Gasteiger partial charge is 0.496 e. The van der Waals surface area contributed by atoms with Crippen LogP contribution in [0.5, 0.6) is 5.75 Å². The van der Waals surface area contributed by atoms with E-state index in [0.717, 1.165) is 34.6 Å². The predicted molar refractivity (Wildman–Crippen MR) is 137 cm³/mol. The lowest BCUT2D eigenvalue weighted by Gasteiger charge is -2.12. The summed E-state index contributed by atoms with van der Waals surface area (Å²) in [6.07, 6.45) is 3.78. The molecule has 7 heteroatoms. The Morgan fingerprint density at radius 3 is 2.50 bits per heavy atom. The molecule has 2 aromatic carbocycles. The molecular weight excluding hydrogens is 443 g/mol. The Labute approximate surface area is 200 Å². The van der Waals surface area contributed by atoms with Crippen LogP contribution < -0.4 is 10.1 Å². The third-order valence-corrected chi connectivity index (χ3v) is 5.28. The van der Waals surface area contributed by atoms with Crippen molar-refractivity contribution in [3.8, 4) is 5.75 Å². The first-order valence-corrected chi connectivity index (χ1v) is 11.2. The van der Waals surface area contributed by atoms with Crippen LogP contribution >= 0.6 is 23.2 Å². The van der Waals surface area contributed by atoms with Gasteiger partial charge >= 0.3 is 0 Å². The van der Waals surface area contributed by atoms with Gasteiger partial charge < -0.3 is 15.5 Å². The first kappa shape index (κ1) is 25.4. The summed E-state index contributed by atoms with van der Waals surface area (Å²) in [5.74, 6) is 1.29. The number of allylic oxidation sites excluding steroid dienone is 2. The molecule has 0 spiro atoms. The highest BCUT2D eigenvalue weighted by Crippen LogP contribution is 2.31. The second-order valence-electron chi connectivity index (χ2n) is 6.58. The van der Waals surface area contributed by atoms with Crippen molar-refractivity contribution >= 4 is 52.2 Å². The molecule has 1 heterocycles. The van der Waals surface area contributed by atoms with Crippen molar-refractivity contribution in [2.24, 2.45) is 0 Å². The summed E-state index contributed by atoms with van der Waals surface area (Å²) in [7, 11) is 1.66. The molecule has 168 valence electrons. The fraction of sp³-hybridized carbons (Fsp3) is 0.240. The minimum Gasteiger partial charge on any atom is -0.496 e. The van der Waals surface area contributed by atoms with E-state index in [1.807, 2.05) is 45.0 Å². The van der Waals surface area contributed by atoms with Crippen LogP contribution in [0.3, 0.4) is 0 Å². The maximum absolute atomic E-state index is 7.93. The van der Waals surface area contributed by atoms with Crippen LogP contribution in [0.1, 0.15) is 44.5 Å². The van der Waals surface area contributed by atoms with Gasteiger partial charge in [-0.05, 0) is 66.4 Å². The van der Waals surface area contributed by atoms with Gasteiger partial charge in [0.25, 0.3) is 0 Å². The maximum Gasteiger partial charge on any atom is 0.227 e. The summed E-state index contributed by atoms with van der Waals surface area (Å²) < 4.78 is 5.38. The number of nitrogens with zero attached hydrogens (tertiary/aromatic N) is 2. The van der Waals surface area contributed by atoms with Gasteiger partial charge in [-0.3, -0.25) is 0 Å². The maximum atomic E-state index is 7.93. The summed E-state index contributed by atoms with van der Waals surface area (Å²) in [4.78, 5) is 8.92. The van der Waals surface area contributed by atoms with E-state index in [-0.39, 0.29) is 0 Å². The first-order valence-electron chi connectivity index (χ1n) is 10.4. The van der Waals surface area contributed by atoms with E-state index < -0.39 is 0 Å². The number of methoxy groups -OCH3 is 1. The molecule has 3 rings (SSSR count). The molecule has 0 atom stereocenters. The summed E-state index contributed by atoms with van der Waals surface area (Å²) >= 11 is 12.4. The Morgan fingerprint density at radius 2 is 1.88 bits per heavy atom. The van der Waals surface area contributed by atoms with Gasteiger partial charge in [0, 0.05) is 33.7 Å². The number of ether oxygens (including phenoxy) is 1. The molecule has 0 aliphatic rings. The topological polar surface area (TPSA) is 70.9 Å². The van der Waals surface area contributed by atoms with Crippen molar-refractivity contribution in [2.75, 3.05) is 12.4 Å². The van der Waals surface area contributed by atoms with Crippen LogP contribution in [-0.2, 0) is 6.42 Å². The lowest BCUT2D eigenvalue weighted by atomic mass is 9.99. The van der Waals surface area contributed by atoms with Gasteiger partial charge in [-0.15, -0.1) is 0 Å². The van der Waals surface area contributed by atoms with E-state index in [1.54, 1.807) is 31.5 Å². The van der Waals surface area contributed by atoms with E-state index in [9.17, 15) is 0 Å². The average Bonchev–Trinajstić information content (AvgIpc) is 2.81. The van der Waals surface area contributed by atoms with Crippen LogP contribution in [0, 0.1) is 5.41 Å². The van der Waals surface area contributed by atoms with Crippen molar-refractivity contribution in [3.63, 3.8) is 0 Å². The standard InChI is InChI=1S/C23H22Cl2N4O.C2H6/c1-4-15-11-17(6-8-22(15)30-3)28-23-27-10-9-21(29-23)19(13-26)14(2)18-7-5-16(24)12-20(18)25;1-2/h5-13,26H,4H2,1-3H3,(H,27,28,29);1-2H3/b19-14-,26-13?;. The normalized spacial score (nSPS) is 11.1. The zero-order chi connectivity index (χ0) is 23.7. The highest BCUT2D eigenvalue weighted by atomic mass is 35.5. The van der Waals surface area contributed by atoms with Crippen molar-refractivity contribution in [1.82, 2.24) is 9.97 Å². The quantitative estimate of drug-likeness (QED) is 0.346. The monoisotopic (exact) mass is 470 g/mol. The summed E-state index contributed by atoms with van der Waals surface area (Å²) in [5.41, 5.74) is 4.85. The van der Waals surface area contributed by atoms with Crippen molar-refractivity contribution in [2.45, 2.75) is 34.1 Å². The zero-order valence-electron chi connectivity index (χ0n) is 19.0. The number of hydrogen-bond acceptors (Lipinski definition) is 5. The molecule has 2 N–H and O–H groups in total. The molecule has 0 saturated heterocycles. The fourth-order valence-electron chi connectivity index (χ4n) is 3.14. The number of halogens is 2. The van der Waals surface area contributed by atoms with Gasteiger partial charge in [0.2, 0.25) is 5.95 Å². The summed E-state index contributed by atoms with van der Waals surface area (Å²) in [5, 5.41) is 12.2. The van der Waals surface area contributed by atoms with Crippen LogP contribution in [0.2, 0.25) is 10.0 Å². The molecule has 0 radical (unpaired) electrons. The smallest absolute Gasteiger partial charge is 0.227 e. The Morgan fingerprint density at radius 1 is 1.12 bits per heavy atom. The van der Waals surface area contributed by atoms with Gasteiger partial charge in [0.15, 0.2) is 0 Å². The molecule has 5 nitrogen and oxygen atoms in total. The number of rotatable bonds is 7. The number of anilines is 2. The molecule has 0 aliphatic carbocycles. The highest BCUT2D eigenvalue weighted by Gasteiger charge is 2.12. The Bertz CT molecular complexity index is 1110. The Balaban J connectivity index is 0.00000176. The summed E-state index contributed by atoms with van der Waals surface area (Å²) in [6.45, 7) is 7.98. The van der Waals surface area contributed by atoms with E-state index >= 15 is 0 Å². The summed E-state index contributed by atoms with van der Waals surface area (Å²) in [6, 6.07) is 12.9. The van der Waals surface area contributed by atoms with Crippen molar-refractivity contribution < 1.29 is 4.74 Å². The van der Waals surface area contributed by atoms with Crippen LogP contribution in [0.4, 0.5) is 11.6 Å². The van der Waals surface area contributed by atoms with Gasteiger partial charge in [-0.1, -0.05) is 50.0 Å². The number of hydrogen-bond donors (Lipinski definition) is 2. The first-order chi connectivity index (χ1) is 15.5. The molecule has 0 bridgehead atoms. The van der Waals surface area contributed by atoms with Crippen LogP contribution in [0.15, 0.2) is 48.7 Å². The lowest BCUT2D eigenvalue weighted by molar-refractivity contribution is 0.410. The molecule has 0 amide bonds. The van der Waals surface area contributed by atoms with E-state index in [2.05, 4.69) is 22.2 Å². The van der Waals surface area contributed by atoms with E-state index in [4.69, 9.17) is 33.3 Å². The molecular formula is C25H28Cl2N4O. The molecule has 0 aliphatic heterocycles. The highest BCUT2D eigenvalue weighted by molar-refractivity contribution is 6.36. The van der Waals surface area contributed by atoms with Crippen molar-refractivity contribution in [3.05, 3.63) is 75.5 Å². The number of nitrogens with one attached hydrogen (secondary N) is 2. The second kappa shape index (κ2) is 12.2. The minimum atomic E-state index is 0.439. The number of aromatic nitrogens is 2. The van der Waals surface area contributed by atoms with Crippen LogP contribution in [0.25, 0.3) is 11.1 Å². The molecule has 0 fully saturated rings. The SMILES string of the molecule is CC.CCc1cc(Nc2nccc(/C(C=N)=C(/C)c3ccc(Cl)cc3Cl)n2)ccc1OC. The zero-order valence-corrected chi connectivity index (χ0v) is 20.5. The molecule has 3 aromatic rings. The Kier molecular flexibility index (Phi) is 9.69. The molecule has 1 aromatic heterocycles. The average molecular weight is 471 g/mol. The Hall–Kier alpha value is -2.89. The van der Waals surface area contributed by atoms with Crippen molar-refractivity contribution in [1.29, 1.82) is 5.41 Å². The lowest BCUT2D eigenvalue weighted by Crippen LogP contribution is -2.02. The van der Waals surface area contributed by atoms with Crippen LogP contribution in [-0.4, -0.2) is 23.3 Å². The minimum absolute atomic E-state index is 0.439. The van der Waals surface area contributed by atoms with Gasteiger partial charge in [-0.2, -0.15) is 0 Å². The second-order valence-corrected chi connectivity index (χ2v) is 7.42.